The molecule has 0 spiro atoms. The molecule has 0 aliphatic rings. The standard InChI is InChI=1S/C9H10Br2F3N3O/c1-18-7-6(11)4-15-8(16-7)17(3-2-10)5-9(12,13)14/h4H,2-3,5H2,1H3. The van der Waals surface area contributed by atoms with Crippen molar-refractivity contribution in [3.8, 4) is 5.88 Å². The number of halogens is 5. The van der Waals surface area contributed by atoms with Gasteiger partial charge < -0.3 is 9.64 Å². The summed E-state index contributed by atoms with van der Waals surface area (Å²) in [6.07, 6.45) is -2.95. The van der Waals surface area contributed by atoms with E-state index in [1.165, 1.54) is 13.3 Å². The van der Waals surface area contributed by atoms with E-state index in [9.17, 15) is 13.2 Å². The highest BCUT2D eigenvalue weighted by Crippen LogP contribution is 2.25. The van der Waals surface area contributed by atoms with Gasteiger partial charge >= 0.3 is 6.18 Å². The average molecular weight is 393 g/mol. The van der Waals surface area contributed by atoms with Gasteiger partial charge in [0.05, 0.1) is 17.8 Å². The van der Waals surface area contributed by atoms with E-state index in [0.717, 1.165) is 4.90 Å². The van der Waals surface area contributed by atoms with Gasteiger partial charge in [0, 0.05) is 11.9 Å². The maximum Gasteiger partial charge on any atom is 0.406 e. The molecule has 0 radical (unpaired) electrons. The zero-order chi connectivity index (χ0) is 13.8. The van der Waals surface area contributed by atoms with Gasteiger partial charge in [0.15, 0.2) is 0 Å². The van der Waals surface area contributed by atoms with E-state index in [-0.39, 0.29) is 18.4 Å². The fraction of sp³-hybridized carbons (Fsp3) is 0.556. The van der Waals surface area contributed by atoms with Crippen molar-refractivity contribution in [3.05, 3.63) is 10.7 Å². The Kier molecular flexibility index (Phi) is 5.64. The van der Waals surface area contributed by atoms with Crippen molar-refractivity contribution in [2.75, 3.05) is 30.4 Å². The molecule has 0 atom stereocenters. The van der Waals surface area contributed by atoms with Crippen LogP contribution in [0.4, 0.5) is 19.1 Å². The van der Waals surface area contributed by atoms with Gasteiger partial charge in [-0.25, -0.2) is 4.98 Å². The number of aromatic nitrogens is 2. The molecule has 0 aromatic carbocycles. The van der Waals surface area contributed by atoms with Gasteiger partial charge in [-0.05, 0) is 15.9 Å². The van der Waals surface area contributed by atoms with Crippen LogP contribution in [-0.4, -0.2) is 41.7 Å². The molecule has 1 rings (SSSR count). The van der Waals surface area contributed by atoms with Crippen LogP contribution in [0.3, 0.4) is 0 Å². The summed E-state index contributed by atoms with van der Waals surface area (Å²) in [5.41, 5.74) is 0. The maximum atomic E-state index is 12.4. The van der Waals surface area contributed by atoms with Gasteiger partial charge in [-0.3, -0.25) is 0 Å². The third-order valence-corrected chi connectivity index (χ3v) is 2.80. The predicted octanol–water partition coefficient (Wildman–Crippen LogP) is 3.01. The molecule has 0 bridgehead atoms. The van der Waals surface area contributed by atoms with Gasteiger partial charge in [-0.1, -0.05) is 15.9 Å². The molecule has 1 aromatic heterocycles. The predicted molar refractivity (Wildman–Crippen MR) is 68.3 cm³/mol. The lowest BCUT2D eigenvalue weighted by molar-refractivity contribution is -0.119. The van der Waals surface area contributed by atoms with Crippen LogP contribution in [-0.2, 0) is 0 Å². The lowest BCUT2D eigenvalue weighted by atomic mass is 10.5. The van der Waals surface area contributed by atoms with Gasteiger partial charge in [-0.15, -0.1) is 0 Å². The van der Waals surface area contributed by atoms with Gasteiger partial charge in [0.2, 0.25) is 11.8 Å². The third-order valence-electron chi connectivity index (χ3n) is 1.90. The molecule has 102 valence electrons. The summed E-state index contributed by atoms with van der Waals surface area (Å²) in [5.74, 6) is 0.175. The molecule has 0 aliphatic heterocycles. The molecule has 0 aliphatic carbocycles. The maximum absolute atomic E-state index is 12.4. The van der Waals surface area contributed by atoms with Crippen LogP contribution in [0, 0.1) is 0 Å². The largest absolute Gasteiger partial charge is 0.480 e. The van der Waals surface area contributed by atoms with E-state index in [0.29, 0.717) is 9.80 Å². The molecule has 4 nitrogen and oxygen atoms in total. The Balaban J connectivity index is 2.98. The second-order valence-corrected chi connectivity index (χ2v) is 4.90. The van der Waals surface area contributed by atoms with E-state index < -0.39 is 12.7 Å². The van der Waals surface area contributed by atoms with Crippen LogP contribution < -0.4 is 9.64 Å². The van der Waals surface area contributed by atoms with Crippen molar-refractivity contribution >= 4 is 37.8 Å². The van der Waals surface area contributed by atoms with E-state index in [2.05, 4.69) is 41.8 Å². The SMILES string of the molecule is COc1nc(N(CCBr)CC(F)(F)F)ncc1Br. The van der Waals surface area contributed by atoms with Crippen LogP contribution >= 0.6 is 31.9 Å². The molecule has 0 saturated heterocycles. The van der Waals surface area contributed by atoms with Gasteiger partial charge in [0.1, 0.15) is 6.54 Å². The second kappa shape index (κ2) is 6.55. The Morgan fingerprint density at radius 1 is 1.44 bits per heavy atom. The van der Waals surface area contributed by atoms with E-state index in [4.69, 9.17) is 4.74 Å². The van der Waals surface area contributed by atoms with Gasteiger partial charge in [0.25, 0.3) is 0 Å². The van der Waals surface area contributed by atoms with E-state index in [1.807, 2.05) is 0 Å². The zero-order valence-electron chi connectivity index (χ0n) is 9.34. The molecule has 0 N–H and O–H groups in total. The first kappa shape index (κ1) is 15.5. The zero-order valence-corrected chi connectivity index (χ0v) is 12.5. The Hall–Kier alpha value is -0.570. The van der Waals surface area contributed by atoms with Crippen molar-refractivity contribution in [3.63, 3.8) is 0 Å². The monoisotopic (exact) mass is 391 g/mol. The Bertz CT molecular complexity index is 403. The summed E-state index contributed by atoms with van der Waals surface area (Å²) in [5, 5.41) is 0.380. The van der Waals surface area contributed by atoms with Crippen LogP contribution in [0.5, 0.6) is 5.88 Å². The number of hydrogen-bond acceptors (Lipinski definition) is 4. The molecule has 0 amide bonds. The first-order valence-corrected chi connectivity index (χ1v) is 6.73. The lowest BCUT2D eigenvalue weighted by Gasteiger charge is -2.23. The van der Waals surface area contributed by atoms with Crippen molar-refractivity contribution in [2.24, 2.45) is 0 Å². The number of alkyl halides is 4. The Morgan fingerprint density at radius 2 is 2.11 bits per heavy atom. The highest BCUT2D eigenvalue weighted by Gasteiger charge is 2.31. The molecule has 0 unspecified atom stereocenters. The highest BCUT2D eigenvalue weighted by molar-refractivity contribution is 9.10. The van der Waals surface area contributed by atoms with Gasteiger partial charge in [-0.2, -0.15) is 18.2 Å². The Morgan fingerprint density at radius 3 is 2.61 bits per heavy atom. The smallest absolute Gasteiger partial charge is 0.406 e. The van der Waals surface area contributed by atoms with E-state index >= 15 is 0 Å². The minimum atomic E-state index is -4.31. The first-order valence-electron chi connectivity index (χ1n) is 4.81. The quantitative estimate of drug-likeness (QED) is 0.722. The van der Waals surface area contributed by atoms with Crippen molar-refractivity contribution in [1.29, 1.82) is 0 Å². The summed E-state index contributed by atoms with van der Waals surface area (Å²) < 4.78 is 42.7. The molecule has 1 heterocycles. The number of nitrogens with zero attached hydrogens (tertiary/aromatic N) is 3. The molecule has 9 heteroatoms. The highest BCUT2D eigenvalue weighted by atomic mass is 79.9. The first-order chi connectivity index (χ1) is 8.37. The van der Waals surface area contributed by atoms with Crippen molar-refractivity contribution < 1.29 is 17.9 Å². The third kappa shape index (κ3) is 4.60. The number of methoxy groups -OCH3 is 1. The van der Waals surface area contributed by atoms with Crippen LogP contribution in [0.2, 0.25) is 0 Å². The second-order valence-electron chi connectivity index (χ2n) is 3.25. The molecule has 0 saturated carbocycles. The van der Waals surface area contributed by atoms with Crippen molar-refractivity contribution in [2.45, 2.75) is 6.18 Å². The van der Waals surface area contributed by atoms with Crippen LogP contribution in [0.25, 0.3) is 0 Å². The minimum absolute atomic E-state index is 0.0215. The number of rotatable bonds is 5. The molecule has 18 heavy (non-hydrogen) atoms. The minimum Gasteiger partial charge on any atom is -0.480 e. The summed E-state index contributed by atoms with van der Waals surface area (Å²) in [7, 11) is 1.38. The number of anilines is 1. The summed E-state index contributed by atoms with van der Waals surface area (Å²) in [6, 6.07) is 0. The van der Waals surface area contributed by atoms with Crippen LogP contribution in [0.1, 0.15) is 0 Å². The summed E-state index contributed by atoms with van der Waals surface area (Å²) in [4.78, 5) is 8.81. The number of hydrogen-bond donors (Lipinski definition) is 0. The topological polar surface area (TPSA) is 38.2 Å². The lowest BCUT2D eigenvalue weighted by Crippen LogP contribution is -2.36. The molecular weight excluding hydrogens is 383 g/mol. The fourth-order valence-corrected chi connectivity index (χ4v) is 1.99. The summed E-state index contributed by atoms with van der Waals surface area (Å²) in [6.45, 7) is -0.965. The average Bonchev–Trinajstić information content (AvgIpc) is 2.27. The Labute approximate surface area is 119 Å². The molecule has 1 aromatic rings. The van der Waals surface area contributed by atoms with E-state index in [1.54, 1.807) is 0 Å². The number of ether oxygens (including phenoxy) is 1. The summed E-state index contributed by atoms with van der Waals surface area (Å²) >= 11 is 6.24. The normalized spacial score (nSPS) is 11.4. The van der Waals surface area contributed by atoms with Crippen molar-refractivity contribution in [1.82, 2.24) is 9.97 Å². The fourth-order valence-electron chi connectivity index (χ4n) is 1.21. The molecular formula is C9H10Br2F3N3O. The van der Waals surface area contributed by atoms with Crippen LogP contribution in [0.15, 0.2) is 10.7 Å². The molecule has 0 fully saturated rings.